The molecule has 76 heavy (non-hydrogen) atoms. The minimum atomic E-state index is -10.7. The van der Waals surface area contributed by atoms with E-state index in [0.717, 1.165) is 0 Å². The second kappa shape index (κ2) is 30.9. The monoisotopic (exact) mass is 1200 g/mol. The summed E-state index contributed by atoms with van der Waals surface area (Å²) in [5.41, 5.74) is -0.333. The molecule has 2 nitrogen and oxygen atoms in total. The summed E-state index contributed by atoms with van der Waals surface area (Å²) in [7, 11) is -12.0. The summed E-state index contributed by atoms with van der Waals surface area (Å²) in [6.45, 7) is 24.3. The largest absolute Gasteiger partial charge is 0.311 e. The van der Waals surface area contributed by atoms with Crippen LogP contribution in [0.15, 0.2) is 243 Å². The molecule has 0 fully saturated rings. The van der Waals surface area contributed by atoms with Gasteiger partial charge in [-0.2, -0.15) is 0 Å². The van der Waals surface area contributed by atoms with Crippen molar-refractivity contribution in [2.45, 2.75) is 52.6 Å². The van der Waals surface area contributed by atoms with E-state index in [1.165, 1.54) is 67.1 Å². The molecule has 0 saturated heterocycles. The van der Waals surface area contributed by atoms with Gasteiger partial charge in [0.15, 0.2) is 0 Å². The van der Waals surface area contributed by atoms with E-state index in [-0.39, 0.29) is 62.9 Å². The van der Waals surface area contributed by atoms with Gasteiger partial charge in [-0.15, -0.1) is 0 Å². The molecule has 14 heteroatoms. The van der Waals surface area contributed by atoms with E-state index in [1.807, 2.05) is 41.5 Å². The smallest absolute Gasteiger partial charge is 0.224 e. The quantitative estimate of drug-likeness (QED) is 0.0583. The maximum absolute atomic E-state index is 10.7. The van der Waals surface area contributed by atoms with Crippen LogP contribution >= 0.6 is 39.5 Å². The van der Waals surface area contributed by atoms with Gasteiger partial charge in [0.2, 0.25) is 11.1 Å². The zero-order chi connectivity index (χ0) is 54.9. The molecule has 399 valence electrons. The third-order valence-corrected chi connectivity index (χ3v) is 21.1. The molecule has 0 heterocycles. The maximum Gasteiger partial charge on any atom is 0.224 e. The summed E-state index contributed by atoms with van der Waals surface area (Å²) in [6.07, 6.45) is 4.83. The molecule has 0 unspecified atom stereocenters. The Hall–Kier alpha value is -4.88. The average Bonchev–Trinajstić information content (AvgIpc) is 3.40. The van der Waals surface area contributed by atoms with Crippen molar-refractivity contribution in [3.8, 4) is 0 Å². The van der Waals surface area contributed by atoms with Gasteiger partial charge < -0.3 is 9.69 Å². The molecular weight excluding hydrogens is 1140 g/mol. The number of benzene rings is 8. The van der Waals surface area contributed by atoms with E-state index in [4.69, 9.17) is 13.1 Å². The van der Waals surface area contributed by atoms with Crippen molar-refractivity contribution >= 4 is 81.9 Å². The Balaban J connectivity index is 0.000000297. The van der Waals surface area contributed by atoms with Crippen LogP contribution in [0.4, 0.5) is 25.2 Å². The Labute approximate surface area is 467 Å². The molecule has 0 bridgehead atoms. The van der Waals surface area contributed by atoms with Crippen LogP contribution in [0, 0.1) is 13.1 Å². The molecular formula is C62H66F6N2P5Tc-. The molecule has 0 aliphatic heterocycles. The first-order valence-corrected chi connectivity index (χ1v) is 32.4. The summed E-state index contributed by atoms with van der Waals surface area (Å²) in [6, 6.07) is 88.4. The second-order valence-corrected chi connectivity index (χ2v) is 30.1. The minimum absolute atomic E-state index is 0. The standard InChI is InChI=1S/2C26H24P2.2C5H9N.F6P.Tc/c2*1-5-13-23(14-6-1)27(24-15-7-2-8-16-24)21-22-28(25-17-9-3-10-18-25)26-19-11-4-12-20-26;2*1-5(2,3)6-4;1-7(2,3,4,5)6;/h2*1-20H,21-22H2;2*1-3H3;;/q;;;;-1;. The molecule has 0 saturated carbocycles. The Kier molecular flexibility index (Phi) is 26.6. The van der Waals surface area contributed by atoms with E-state index in [1.54, 1.807) is 0 Å². The van der Waals surface area contributed by atoms with Gasteiger partial charge in [-0.1, -0.05) is 243 Å². The van der Waals surface area contributed by atoms with Crippen LogP contribution in [0.1, 0.15) is 41.5 Å². The van der Waals surface area contributed by atoms with Crippen molar-refractivity contribution in [1.29, 1.82) is 0 Å². The van der Waals surface area contributed by atoms with Gasteiger partial charge in [0.1, 0.15) is 0 Å². The molecule has 8 aromatic rings. The first kappa shape index (κ1) is 65.4. The Bertz CT molecular complexity index is 2390. The zero-order valence-corrected chi connectivity index (χ0v) is 50.0. The SMILES string of the molecule is F[P-](F)(F)(F)(F)F.[C-]#[N+]C(C)(C)C.[C-]#[N+]C(C)(C)C.[Tc].c1ccc(P(CCP(c2ccccc2)c2ccccc2)c2ccccc2)cc1.c1ccc(P(CCP(c2ccccc2)c2ccccc2)c2ccccc2)cc1. The van der Waals surface area contributed by atoms with Crippen molar-refractivity contribution in [2.75, 3.05) is 24.6 Å². The van der Waals surface area contributed by atoms with Crippen LogP contribution in [-0.2, 0) is 20.1 Å². The Morgan fingerprint density at radius 3 is 0.461 bits per heavy atom. The summed E-state index contributed by atoms with van der Waals surface area (Å²) in [5.74, 6) is 0. The first-order valence-electron chi connectivity index (χ1n) is 24.2. The Morgan fingerprint density at radius 1 is 0.289 bits per heavy atom. The third-order valence-electron chi connectivity index (χ3n) is 10.3. The van der Waals surface area contributed by atoms with Crippen molar-refractivity contribution in [2.24, 2.45) is 0 Å². The fraction of sp³-hybridized carbons (Fsp3) is 0.194. The maximum atomic E-state index is 9.87. The van der Waals surface area contributed by atoms with Crippen molar-refractivity contribution < 1.29 is 45.3 Å². The predicted octanol–water partition coefficient (Wildman–Crippen LogP) is 17.3. The summed E-state index contributed by atoms with van der Waals surface area (Å²) < 4.78 is 59.2. The molecule has 0 aromatic heterocycles. The second-order valence-electron chi connectivity index (χ2n) is 18.8. The molecule has 0 spiro atoms. The van der Waals surface area contributed by atoms with E-state index in [9.17, 15) is 25.2 Å². The van der Waals surface area contributed by atoms with Crippen LogP contribution in [0.25, 0.3) is 9.69 Å². The van der Waals surface area contributed by atoms with Crippen LogP contribution < -0.4 is 42.4 Å². The number of nitrogens with zero attached hydrogens (tertiary/aromatic N) is 2. The van der Waals surface area contributed by atoms with Gasteiger partial charge >= 0.3 is 33.0 Å². The fourth-order valence-electron chi connectivity index (χ4n) is 6.89. The Morgan fingerprint density at radius 2 is 0.382 bits per heavy atom. The molecule has 0 aliphatic carbocycles. The van der Waals surface area contributed by atoms with Crippen molar-refractivity contribution in [3.05, 3.63) is 265 Å². The zero-order valence-electron chi connectivity index (χ0n) is 43.7. The van der Waals surface area contributed by atoms with E-state index in [0.29, 0.717) is 0 Å². The third kappa shape index (κ3) is 28.0. The summed E-state index contributed by atoms with van der Waals surface area (Å²) in [4.78, 5) is 6.54. The molecule has 8 rings (SSSR count). The molecule has 0 N–H and O–H groups in total. The van der Waals surface area contributed by atoms with Gasteiger partial charge in [-0.3, -0.25) is 0 Å². The number of hydrogen-bond acceptors (Lipinski definition) is 0. The van der Waals surface area contributed by atoms with Gasteiger partial charge in [-0.25, -0.2) is 13.1 Å². The fourth-order valence-corrected chi connectivity index (χ4v) is 17.6. The molecule has 0 atom stereocenters. The number of hydrogen-bond donors (Lipinski definition) is 0. The molecule has 8 aromatic carbocycles. The number of rotatable bonds is 14. The van der Waals surface area contributed by atoms with Gasteiger partial charge in [0.25, 0.3) is 0 Å². The van der Waals surface area contributed by atoms with E-state index < -0.39 is 7.81 Å². The first-order chi connectivity index (χ1) is 35.4. The predicted molar refractivity (Wildman–Crippen MR) is 322 cm³/mol. The van der Waals surface area contributed by atoms with Crippen LogP contribution in [-0.4, -0.2) is 35.7 Å². The van der Waals surface area contributed by atoms with Gasteiger partial charge in [0, 0.05) is 61.6 Å². The summed E-state index contributed by atoms with van der Waals surface area (Å²) in [5, 5.41) is 11.8. The van der Waals surface area contributed by atoms with Gasteiger partial charge in [-0.05, 0) is 98.8 Å². The molecule has 0 amide bonds. The average molecular weight is 1210 g/mol. The van der Waals surface area contributed by atoms with Crippen LogP contribution in [0.5, 0.6) is 0 Å². The van der Waals surface area contributed by atoms with Crippen LogP contribution in [0.3, 0.4) is 0 Å². The molecule has 0 aliphatic rings. The summed E-state index contributed by atoms with van der Waals surface area (Å²) >= 11 is 0. The topological polar surface area (TPSA) is 8.72 Å². The normalized spacial score (nSPS) is 11.9. The molecule has 1 radical (unpaired) electrons. The number of halogens is 6. The van der Waals surface area contributed by atoms with Crippen molar-refractivity contribution in [1.82, 2.24) is 0 Å². The van der Waals surface area contributed by atoms with Gasteiger partial charge in [0.05, 0.1) is 0 Å². The van der Waals surface area contributed by atoms with E-state index >= 15 is 0 Å². The van der Waals surface area contributed by atoms with Crippen LogP contribution in [0.2, 0.25) is 0 Å². The van der Waals surface area contributed by atoms with E-state index in [2.05, 4.69) is 252 Å². The van der Waals surface area contributed by atoms with Crippen molar-refractivity contribution in [3.63, 3.8) is 0 Å². The minimum Gasteiger partial charge on any atom is -0.311 e.